The van der Waals surface area contributed by atoms with Gasteiger partial charge in [-0.3, -0.25) is 0 Å². The third-order valence-corrected chi connectivity index (χ3v) is 2.50. The number of rotatable bonds is 9. The fourth-order valence-corrected chi connectivity index (χ4v) is 1.62. The predicted octanol–water partition coefficient (Wildman–Crippen LogP) is 4.07. The zero-order valence-corrected chi connectivity index (χ0v) is 9.79. The highest BCUT2D eigenvalue weighted by Crippen LogP contribution is 2.19. The molecule has 0 aromatic rings. The Morgan fingerprint density at radius 3 is 2.57 bits per heavy atom. The molecule has 0 fully saturated rings. The minimum absolute atomic E-state index is 0.162. The van der Waals surface area contributed by atoms with Crippen molar-refractivity contribution in [2.45, 2.75) is 59.0 Å². The fourth-order valence-electron chi connectivity index (χ4n) is 1.62. The van der Waals surface area contributed by atoms with Crippen LogP contribution in [0.5, 0.6) is 0 Å². The standard InChI is InChI=1S/C12H24O2/c1-5-8-9-12(6-2)10-11(4)14-13-7-3/h7,11-12H,3,5-6,8-10H2,1-2,4H3. The molecular formula is C12H24O2. The Morgan fingerprint density at radius 2 is 2.07 bits per heavy atom. The number of unbranched alkanes of at least 4 members (excludes halogenated alkanes) is 1. The van der Waals surface area contributed by atoms with Gasteiger partial charge in [-0.15, -0.1) is 0 Å². The van der Waals surface area contributed by atoms with Crippen LogP contribution in [-0.2, 0) is 9.78 Å². The van der Waals surface area contributed by atoms with Gasteiger partial charge in [0.25, 0.3) is 0 Å². The van der Waals surface area contributed by atoms with Crippen molar-refractivity contribution in [1.29, 1.82) is 0 Å². The van der Waals surface area contributed by atoms with E-state index in [0.717, 1.165) is 12.3 Å². The van der Waals surface area contributed by atoms with E-state index in [0.29, 0.717) is 0 Å². The molecule has 0 bridgehead atoms. The SMILES string of the molecule is C=COOC(C)CC(CC)CCCC. The maximum atomic E-state index is 5.09. The first-order valence-corrected chi connectivity index (χ1v) is 5.67. The third-order valence-electron chi connectivity index (χ3n) is 2.50. The maximum absolute atomic E-state index is 5.09. The lowest BCUT2D eigenvalue weighted by Gasteiger charge is -2.18. The van der Waals surface area contributed by atoms with Crippen molar-refractivity contribution in [1.82, 2.24) is 0 Å². The summed E-state index contributed by atoms with van der Waals surface area (Å²) < 4.78 is 0. The van der Waals surface area contributed by atoms with Gasteiger partial charge in [0.15, 0.2) is 0 Å². The van der Waals surface area contributed by atoms with E-state index in [9.17, 15) is 0 Å². The van der Waals surface area contributed by atoms with E-state index in [-0.39, 0.29) is 6.10 Å². The largest absolute Gasteiger partial charge is 0.346 e. The smallest absolute Gasteiger partial charge is 0.122 e. The van der Waals surface area contributed by atoms with Gasteiger partial charge in [0.1, 0.15) is 12.4 Å². The fraction of sp³-hybridized carbons (Fsp3) is 0.833. The van der Waals surface area contributed by atoms with Gasteiger partial charge in [-0.25, -0.2) is 0 Å². The molecule has 0 amide bonds. The summed E-state index contributed by atoms with van der Waals surface area (Å²) in [5.74, 6) is 0.762. The normalized spacial score (nSPS) is 14.8. The van der Waals surface area contributed by atoms with Gasteiger partial charge in [0.2, 0.25) is 0 Å². The van der Waals surface area contributed by atoms with Crippen molar-refractivity contribution in [2.75, 3.05) is 0 Å². The van der Waals surface area contributed by atoms with Crippen LogP contribution in [0.25, 0.3) is 0 Å². The van der Waals surface area contributed by atoms with Crippen molar-refractivity contribution in [3.05, 3.63) is 12.8 Å². The van der Waals surface area contributed by atoms with Gasteiger partial charge >= 0.3 is 0 Å². The molecule has 2 heteroatoms. The Labute approximate surface area is 88.2 Å². The van der Waals surface area contributed by atoms with Gasteiger partial charge < -0.3 is 4.89 Å². The van der Waals surface area contributed by atoms with Crippen LogP contribution in [0.4, 0.5) is 0 Å². The van der Waals surface area contributed by atoms with E-state index in [4.69, 9.17) is 9.78 Å². The van der Waals surface area contributed by atoms with E-state index >= 15 is 0 Å². The van der Waals surface area contributed by atoms with E-state index in [1.807, 2.05) is 6.92 Å². The van der Waals surface area contributed by atoms with Crippen LogP contribution < -0.4 is 0 Å². The molecule has 2 nitrogen and oxygen atoms in total. The highest BCUT2D eigenvalue weighted by Gasteiger charge is 2.12. The number of hydrogen-bond acceptors (Lipinski definition) is 2. The van der Waals surface area contributed by atoms with Crippen LogP contribution in [0.2, 0.25) is 0 Å². The number of hydrogen-bond donors (Lipinski definition) is 0. The van der Waals surface area contributed by atoms with E-state index in [2.05, 4.69) is 20.4 Å². The van der Waals surface area contributed by atoms with Crippen LogP contribution in [0.1, 0.15) is 52.9 Å². The highest BCUT2D eigenvalue weighted by molar-refractivity contribution is 4.61. The van der Waals surface area contributed by atoms with Crippen LogP contribution in [0.3, 0.4) is 0 Å². The third kappa shape index (κ3) is 6.96. The van der Waals surface area contributed by atoms with Crippen molar-refractivity contribution in [2.24, 2.45) is 5.92 Å². The molecule has 0 aromatic carbocycles. The summed E-state index contributed by atoms with van der Waals surface area (Å²) in [5, 5.41) is 0. The van der Waals surface area contributed by atoms with Crippen molar-refractivity contribution in [3.8, 4) is 0 Å². The van der Waals surface area contributed by atoms with Crippen molar-refractivity contribution in [3.63, 3.8) is 0 Å². The summed E-state index contributed by atoms with van der Waals surface area (Å²) in [5.41, 5.74) is 0. The average Bonchev–Trinajstić information content (AvgIpc) is 2.21. The van der Waals surface area contributed by atoms with Gasteiger partial charge in [0.05, 0.1) is 0 Å². The lowest BCUT2D eigenvalue weighted by atomic mass is 9.94. The first-order chi connectivity index (χ1) is 6.74. The summed E-state index contributed by atoms with van der Waals surface area (Å²) in [6, 6.07) is 0. The molecule has 0 aliphatic rings. The second-order valence-electron chi connectivity index (χ2n) is 3.82. The Hall–Kier alpha value is -0.500. The van der Waals surface area contributed by atoms with Gasteiger partial charge in [-0.05, 0) is 19.3 Å². The first kappa shape index (κ1) is 13.5. The zero-order chi connectivity index (χ0) is 10.8. The molecule has 2 atom stereocenters. The molecule has 0 saturated carbocycles. The van der Waals surface area contributed by atoms with Crippen molar-refractivity contribution < 1.29 is 9.78 Å². The molecule has 0 N–H and O–H groups in total. The molecule has 0 rings (SSSR count). The summed E-state index contributed by atoms with van der Waals surface area (Å²) in [6.45, 7) is 9.94. The van der Waals surface area contributed by atoms with Crippen LogP contribution >= 0.6 is 0 Å². The second-order valence-corrected chi connectivity index (χ2v) is 3.82. The van der Waals surface area contributed by atoms with Gasteiger partial charge in [-0.1, -0.05) is 46.1 Å². The molecular weight excluding hydrogens is 176 g/mol. The maximum Gasteiger partial charge on any atom is 0.122 e. The van der Waals surface area contributed by atoms with Crippen LogP contribution in [0, 0.1) is 5.92 Å². The Kier molecular flexibility index (Phi) is 8.75. The van der Waals surface area contributed by atoms with Crippen molar-refractivity contribution >= 4 is 0 Å². The zero-order valence-electron chi connectivity index (χ0n) is 9.79. The predicted molar refractivity (Wildman–Crippen MR) is 59.8 cm³/mol. The molecule has 0 aromatic heterocycles. The van der Waals surface area contributed by atoms with E-state index in [1.54, 1.807) is 0 Å². The topological polar surface area (TPSA) is 18.5 Å². The lowest BCUT2D eigenvalue weighted by Crippen LogP contribution is -2.13. The molecule has 14 heavy (non-hydrogen) atoms. The van der Waals surface area contributed by atoms with Crippen LogP contribution in [0.15, 0.2) is 12.8 Å². The molecule has 0 radical (unpaired) electrons. The minimum atomic E-state index is 0.162. The second kappa shape index (κ2) is 9.07. The summed E-state index contributed by atoms with van der Waals surface area (Å²) in [4.78, 5) is 9.79. The van der Waals surface area contributed by atoms with Gasteiger partial charge in [-0.2, -0.15) is 4.89 Å². The molecule has 0 heterocycles. The molecule has 0 saturated heterocycles. The molecule has 0 spiro atoms. The van der Waals surface area contributed by atoms with Gasteiger partial charge in [0, 0.05) is 0 Å². The average molecular weight is 200 g/mol. The minimum Gasteiger partial charge on any atom is -0.346 e. The Morgan fingerprint density at radius 1 is 1.36 bits per heavy atom. The first-order valence-electron chi connectivity index (χ1n) is 5.67. The Bertz CT molecular complexity index is 134. The molecule has 84 valence electrons. The van der Waals surface area contributed by atoms with E-state index in [1.165, 1.54) is 31.9 Å². The van der Waals surface area contributed by atoms with E-state index < -0.39 is 0 Å². The quantitative estimate of drug-likeness (QED) is 0.317. The Balaban J connectivity index is 3.61. The molecule has 0 aliphatic carbocycles. The summed E-state index contributed by atoms with van der Waals surface area (Å²) >= 11 is 0. The molecule has 2 unspecified atom stereocenters. The highest BCUT2D eigenvalue weighted by atomic mass is 17.2. The lowest BCUT2D eigenvalue weighted by molar-refractivity contribution is -0.281. The molecule has 0 aliphatic heterocycles. The van der Waals surface area contributed by atoms with Crippen LogP contribution in [-0.4, -0.2) is 6.10 Å². The monoisotopic (exact) mass is 200 g/mol. The summed E-state index contributed by atoms with van der Waals surface area (Å²) in [6.07, 6.45) is 7.67. The summed E-state index contributed by atoms with van der Waals surface area (Å²) in [7, 11) is 0.